The van der Waals surface area contributed by atoms with Gasteiger partial charge in [-0.1, -0.05) is 18.2 Å². The average Bonchev–Trinajstić information content (AvgIpc) is 3.10. The molecule has 6 heteroatoms. The Morgan fingerprint density at radius 3 is 2.77 bits per heavy atom. The molecule has 0 saturated carbocycles. The molecule has 1 aromatic carbocycles. The number of hydrogen-bond donors (Lipinski definition) is 2. The fourth-order valence-corrected chi connectivity index (χ4v) is 2.42. The van der Waals surface area contributed by atoms with E-state index in [0.29, 0.717) is 0 Å². The lowest BCUT2D eigenvalue weighted by molar-refractivity contribution is -0.116. The Bertz CT molecular complexity index is 887. The third-order valence-corrected chi connectivity index (χ3v) is 3.68. The first-order valence-electron chi connectivity index (χ1n) is 8.33. The normalized spacial score (nSPS) is 12.2. The van der Waals surface area contributed by atoms with E-state index in [1.54, 1.807) is 30.1 Å². The van der Waals surface area contributed by atoms with Crippen LogP contribution < -0.4 is 5.32 Å². The molecule has 3 rings (SSSR count). The van der Waals surface area contributed by atoms with Gasteiger partial charge in [-0.15, -0.1) is 0 Å². The number of nitrogens with zero attached hydrogens (tertiary/aromatic N) is 3. The SMILES string of the molecule is C[C@@H](O)CNC(=O)C=Cc1cn(-c2ccccc2)nc1-c1cccnc1. The summed E-state index contributed by atoms with van der Waals surface area (Å²) in [5.41, 5.74) is 3.33. The van der Waals surface area contributed by atoms with Gasteiger partial charge in [-0.25, -0.2) is 4.68 Å². The van der Waals surface area contributed by atoms with Crippen molar-refractivity contribution in [1.29, 1.82) is 0 Å². The van der Waals surface area contributed by atoms with E-state index in [1.807, 2.05) is 48.7 Å². The van der Waals surface area contributed by atoms with Gasteiger partial charge in [0, 0.05) is 42.3 Å². The molecule has 1 atom stereocenters. The number of nitrogens with one attached hydrogen (secondary N) is 1. The zero-order valence-electron chi connectivity index (χ0n) is 14.4. The molecule has 3 aromatic rings. The van der Waals surface area contributed by atoms with E-state index >= 15 is 0 Å². The van der Waals surface area contributed by atoms with Crippen molar-refractivity contribution in [3.05, 3.63) is 72.7 Å². The molecule has 0 aliphatic carbocycles. The number of para-hydroxylation sites is 1. The topological polar surface area (TPSA) is 80.0 Å². The summed E-state index contributed by atoms with van der Waals surface area (Å²) in [6.45, 7) is 1.83. The van der Waals surface area contributed by atoms with Crippen LogP contribution in [0.1, 0.15) is 12.5 Å². The predicted octanol–water partition coefficient (Wildman–Crippen LogP) is 2.44. The highest BCUT2D eigenvalue weighted by molar-refractivity contribution is 5.92. The number of rotatable bonds is 6. The molecule has 2 heterocycles. The summed E-state index contributed by atoms with van der Waals surface area (Å²) in [6.07, 6.45) is 7.88. The molecule has 0 aliphatic rings. The largest absolute Gasteiger partial charge is 0.392 e. The van der Waals surface area contributed by atoms with E-state index in [9.17, 15) is 9.90 Å². The molecule has 26 heavy (non-hydrogen) atoms. The van der Waals surface area contributed by atoms with Crippen molar-refractivity contribution in [3.8, 4) is 16.9 Å². The van der Waals surface area contributed by atoms with Gasteiger partial charge in [-0.05, 0) is 37.3 Å². The van der Waals surface area contributed by atoms with Gasteiger partial charge in [0.25, 0.3) is 0 Å². The van der Waals surface area contributed by atoms with Crippen molar-refractivity contribution < 1.29 is 9.90 Å². The quantitative estimate of drug-likeness (QED) is 0.671. The Morgan fingerprint density at radius 1 is 1.27 bits per heavy atom. The molecule has 132 valence electrons. The molecule has 0 fully saturated rings. The van der Waals surface area contributed by atoms with E-state index in [1.165, 1.54) is 6.08 Å². The number of carbonyl (C=O) groups excluding carboxylic acids is 1. The van der Waals surface area contributed by atoms with Crippen molar-refractivity contribution >= 4 is 12.0 Å². The maximum atomic E-state index is 11.9. The Morgan fingerprint density at radius 2 is 2.08 bits per heavy atom. The van der Waals surface area contributed by atoms with Crippen molar-refractivity contribution in [3.63, 3.8) is 0 Å². The first kappa shape index (κ1) is 17.6. The Hall–Kier alpha value is -3.25. The average molecular weight is 348 g/mol. The van der Waals surface area contributed by atoms with Crippen molar-refractivity contribution in [1.82, 2.24) is 20.1 Å². The molecule has 1 amide bonds. The lowest BCUT2D eigenvalue weighted by atomic mass is 10.1. The number of pyridine rings is 1. The summed E-state index contributed by atoms with van der Waals surface area (Å²) < 4.78 is 1.77. The molecule has 0 bridgehead atoms. The van der Waals surface area contributed by atoms with Crippen molar-refractivity contribution in [2.45, 2.75) is 13.0 Å². The molecule has 0 aliphatic heterocycles. The second kappa shape index (κ2) is 8.22. The molecular formula is C20H20N4O2. The highest BCUT2D eigenvalue weighted by Crippen LogP contribution is 2.24. The van der Waals surface area contributed by atoms with Crippen molar-refractivity contribution in [2.75, 3.05) is 6.54 Å². The highest BCUT2D eigenvalue weighted by atomic mass is 16.3. The van der Waals surface area contributed by atoms with E-state index in [0.717, 1.165) is 22.5 Å². The molecule has 0 spiro atoms. The third kappa shape index (κ3) is 4.43. The van der Waals surface area contributed by atoms with E-state index < -0.39 is 6.10 Å². The monoisotopic (exact) mass is 348 g/mol. The van der Waals surface area contributed by atoms with Crippen LogP contribution in [0.4, 0.5) is 0 Å². The zero-order chi connectivity index (χ0) is 18.4. The fraction of sp³-hybridized carbons (Fsp3) is 0.150. The Kier molecular flexibility index (Phi) is 5.56. The second-order valence-corrected chi connectivity index (χ2v) is 5.88. The van der Waals surface area contributed by atoms with Crippen LogP contribution in [0.25, 0.3) is 23.0 Å². The Labute approximate surface area is 151 Å². The summed E-state index contributed by atoms with van der Waals surface area (Å²) in [4.78, 5) is 16.0. The number of carbonyl (C=O) groups is 1. The van der Waals surface area contributed by atoms with Crippen LogP contribution in [0.5, 0.6) is 0 Å². The van der Waals surface area contributed by atoms with Crippen LogP contribution in [-0.2, 0) is 4.79 Å². The first-order chi connectivity index (χ1) is 12.6. The van der Waals surface area contributed by atoms with Crippen molar-refractivity contribution in [2.24, 2.45) is 0 Å². The van der Waals surface area contributed by atoms with Gasteiger partial charge in [0.1, 0.15) is 5.69 Å². The molecule has 6 nitrogen and oxygen atoms in total. The standard InChI is InChI=1S/C20H20N4O2/c1-15(25)12-22-19(26)10-9-17-14-24(18-7-3-2-4-8-18)23-20(17)16-6-5-11-21-13-16/h2-11,13-15,25H,12H2,1H3,(H,22,26)/t15-/m1/s1. The van der Waals surface area contributed by atoms with Crippen LogP contribution in [-0.4, -0.2) is 38.4 Å². The second-order valence-electron chi connectivity index (χ2n) is 5.88. The number of aliphatic hydroxyl groups is 1. The van der Waals surface area contributed by atoms with Crippen LogP contribution in [0.2, 0.25) is 0 Å². The minimum absolute atomic E-state index is 0.210. The van der Waals surface area contributed by atoms with Crippen LogP contribution in [0.3, 0.4) is 0 Å². The van der Waals surface area contributed by atoms with E-state index in [-0.39, 0.29) is 12.5 Å². The van der Waals surface area contributed by atoms with Gasteiger partial charge in [-0.2, -0.15) is 5.10 Å². The maximum absolute atomic E-state index is 11.9. The van der Waals surface area contributed by atoms with E-state index in [2.05, 4.69) is 15.4 Å². The first-order valence-corrected chi connectivity index (χ1v) is 8.33. The highest BCUT2D eigenvalue weighted by Gasteiger charge is 2.11. The lowest BCUT2D eigenvalue weighted by Gasteiger charge is -2.03. The lowest BCUT2D eigenvalue weighted by Crippen LogP contribution is -2.28. The summed E-state index contributed by atoms with van der Waals surface area (Å²) in [5.74, 6) is -0.268. The fourth-order valence-electron chi connectivity index (χ4n) is 2.42. The van der Waals surface area contributed by atoms with E-state index in [4.69, 9.17) is 0 Å². The number of amides is 1. The van der Waals surface area contributed by atoms with Gasteiger partial charge >= 0.3 is 0 Å². The van der Waals surface area contributed by atoms with Crippen LogP contribution in [0, 0.1) is 0 Å². The number of benzene rings is 1. The number of hydrogen-bond acceptors (Lipinski definition) is 4. The van der Waals surface area contributed by atoms with Gasteiger partial charge in [0.05, 0.1) is 11.8 Å². The third-order valence-electron chi connectivity index (χ3n) is 3.68. The van der Waals surface area contributed by atoms with Crippen LogP contribution >= 0.6 is 0 Å². The summed E-state index contributed by atoms with van der Waals surface area (Å²) in [7, 11) is 0. The summed E-state index contributed by atoms with van der Waals surface area (Å²) in [6, 6.07) is 13.5. The molecule has 2 aromatic heterocycles. The summed E-state index contributed by atoms with van der Waals surface area (Å²) in [5, 5.41) is 16.5. The maximum Gasteiger partial charge on any atom is 0.244 e. The molecule has 0 radical (unpaired) electrons. The van der Waals surface area contributed by atoms with Crippen LogP contribution in [0.15, 0.2) is 67.1 Å². The minimum Gasteiger partial charge on any atom is -0.392 e. The Balaban J connectivity index is 1.92. The number of aromatic nitrogens is 3. The molecular weight excluding hydrogens is 328 g/mol. The van der Waals surface area contributed by atoms with Gasteiger partial charge in [0.2, 0.25) is 5.91 Å². The molecule has 2 N–H and O–H groups in total. The minimum atomic E-state index is -0.584. The predicted molar refractivity (Wildman–Crippen MR) is 101 cm³/mol. The van der Waals surface area contributed by atoms with Gasteiger partial charge in [-0.3, -0.25) is 9.78 Å². The van der Waals surface area contributed by atoms with Gasteiger partial charge < -0.3 is 10.4 Å². The zero-order valence-corrected chi connectivity index (χ0v) is 14.4. The summed E-state index contributed by atoms with van der Waals surface area (Å²) >= 11 is 0. The smallest absolute Gasteiger partial charge is 0.244 e. The van der Waals surface area contributed by atoms with Gasteiger partial charge in [0.15, 0.2) is 0 Å². The molecule has 0 unspecified atom stereocenters. The molecule has 0 saturated heterocycles. The number of aliphatic hydroxyl groups excluding tert-OH is 1.